The van der Waals surface area contributed by atoms with E-state index in [4.69, 9.17) is 4.74 Å². The number of alkyl halides is 3. The minimum Gasteiger partial charge on any atom is -0.377 e. The Labute approximate surface area is 108 Å². The van der Waals surface area contributed by atoms with Crippen LogP contribution in [0, 0.1) is 0 Å². The van der Waals surface area contributed by atoms with Crippen LogP contribution in [0.5, 0.6) is 0 Å². The summed E-state index contributed by atoms with van der Waals surface area (Å²) in [4.78, 5) is 3.40. The molecule has 106 valence electrons. The Morgan fingerprint density at radius 1 is 1.37 bits per heavy atom. The van der Waals surface area contributed by atoms with Gasteiger partial charge in [0.2, 0.25) is 0 Å². The Bertz CT molecular complexity index is 533. The number of rotatable bonds is 3. The second kappa shape index (κ2) is 5.09. The highest BCUT2D eigenvalue weighted by Gasteiger charge is 2.32. The van der Waals surface area contributed by atoms with Crippen LogP contribution < -0.4 is 0 Å². The van der Waals surface area contributed by atoms with Crippen molar-refractivity contribution in [2.24, 2.45) is 0 Å². The summed E-state index contributed by atoms with van der Waals surface area (Å²) in [5, 5.41) is -0.351. The smallest absolute Gasteiger partial charge is 0.377 e. The van der Waals surface area contributed by atoms with E-state index in [1.54, 1.807) is 0 Å². The van der Waals surface area contributed by atoms with Crippen LogP contribution in [0.4, 0.5) is 13.2 Å². The van der Waals surface area contributed by atoms with Gasteiger partial charge in [0, 0.05) is 12.8 Å². The van der Waals surface area contributed by atoms with Crippen molar-refractivity contribution in [3.05, 3.63) is 23.9 Å². The van der Waals surface area contributed by atoms with E-state index in [0.717, 1.165) is 18.6 Å². The second-order valence-electron chi connectivity index (χ2n) is 4.30. The van der Waals surface area contributed by atoms with Gasteiger partial charge in [0.25, 0.3) is 0 Å². The van der Waals surface area contributed by atoms with Crippen molar-refractivity contribution in [1.29, 1.82) is 0 Å². The first-order valence-corrected chi connectivity index (χ1v) is 7.32. The molecule has 1 aromatic rings. The van der Waals surface area contributed by atoms with Gasteiger partial charge in [0.05, 0.1) is 17.4 Å². The van der Waals surface area contributed by atoms with Gasteiger partial charge in [-0.15, -0.1) is 0 Å². The summed E-state index contributed by atoms with van der Waals surface area (Å²) in [6.45, 7) is 0.515. The Morgan fingerprint density at radius 2 is 2.11 bits per heavy atom. The molecule has 8 heteroatoms. The molecule has 0 saturated carbocycles. The molecule has 2 heterocycles. The van der Waals surface area contributed by atoms with Crippen LogP contribution in [0.2, 0.25) is 0 Å². The maximum atomic E-state index is 12.3. The van der Waals surface area contributed by atoms with Crippen molar-refractivity contribution in [1.82, 2.24) is 4.98 Å². The SMILES string of the molecule is O=S(=O)(CC1CCCO1)c1ccc(C(F)(F)F)cn1. The number of pyridine rings is 1. The van der Waals surface area contributed by atoms with Crippen LogP contribution in [0.1, 0.15) is 18.4 Å². The van der Waals surface area contributed by atoms with Gasteiger partial charge in [-0.3, -0.25) is 0 Å². The Hall–Kier alpha value is -1.15. The third-order valence-corrected chi connectivity index (χ3v) is 4.50. The minimum absolute atomic E-state index is 0.245. The highest BCUT2D eigenvalue weighted by Crippen LogP contribution is 2.29. The van der Waals surface area contributed by atoms with E-state index >= 15 is 0 Å². The molecule has 0 N–H and O–H groups in total. The van der Waals surface area contributed by atoms with E-state index in [1.807, 2.05) is 0 Å². The van der Waals surface area contributed by atoms with Gasteiger partial charge in [-0.05, 0) is 25.0 Å². The quantitative estimate of drug-likeness (QED) is 0.856. The zero-order valence-electron chi connectivity index (χ0n) is 9.85. The molecule has 2 rings (SSSR count). The van der Waals surface area contributed by atoms with Crippen molar-refractivity contribution in [2.45, 2.75) is 30.1 Å². The molecule has 1 aromatic heterocycles. The number of hydrogen-bond acceptors (Lipinski definition) is 4. The summed E-state index contributed by atoms with van der Waals surface area (Å²) in [5.74, 6) is -0.245. The van der Waals surface area contributed by atoms with Gasteiger partial charge >= 0.3 is 6.18 Å². The molecule has 0 amide bonds. The predicted molar refractivity (Wildman–Crippen MR) is 60.3 cm³/mol. The van der Waals surface area contributed by atoms with Crippen LogP contribution in [-0.4, -0.2) is 31.9 Å². The number of hydrogen-bond donors (Lipinski definition) is 0. The number of ether oxygens (including phenoxy) is 1. The lowest BCUT2D eigenvalue weighted by Crippen LogP contribution is -2.21. The maximum Gasteiger partial charge on any atom is 0.417 e. The van der Waals surface area contributed by atoms with Gasteiger partial charge in [0.15, 0.2) is 14.9 Å². The molecule has 1 aliphatic heterocycles. The van der Waals surface area contributed by atoms with E-state index < -0.39 is 27.7 Å². The van der Waals surface area contributed by atoms with Gasteiger partial charge in [0.1, 0.15) is 0 Å². The van der Waals surface area contributed by atoms with E-state index in [2.05, 4.69) is 4.98 Å². The zero-order valence-corrected chi connectivity index (χ0v) is 10.7. The van der Waals surface area contributed by atoms with Crippen LogP contribution in [0.15, 0.2) is 23.4 Å². The summed E-state index contributed by atoms with van der Waals surface area (Å²) in [5.41, 5.74) is -0.969. The number of sulfone groups is 1. The van der Waals surface area contributed by atoms with Gasteiger partial charge in [-0.1, -0.05) is 0 Å². The third kappa shape index (κ3) is 3.44. The van der Waals surface area contributed by atoms with Crippen LogP contribution >= 0.6 is 0 Å². The summed E-state index contributed by atoms with van der Waals surface area (Å²) in [7, 11) is -3.71. The average molecular weight is 295 g/mol. The van der Waals surface area contributed by atoms with Crippen LogP contribution in [-0.2, 0) is 20.8 Å². The van der Waals surface area contributed by atoms with E-state index in [1.165, 1.54) is 0 Å². The molecule has 0 aromatic carbocycles. The molecule has 19 heavy (non-hydrogen) atoms. The molecule has 4 nitrogen and oxygen atoms in total. The van der Waals surface area contributed by atoms with Crippen LogP contribution in [0.25, 0.3) is 0 Å². The maximum absolute atomic E-state index is 12.3. The Kier molecular flexibility index (Phi) is 3.82. The summed E-state index contributed by atoms with van der Waals surface area (Å²) in [6.07, 6.45) is -2.96. The standard InChI is InChI=1S/C11H12F3NO3S/c12-11(13,14)8-3-4-10(15-6-8)19(16,17)7-9-2-1-5-18-9/h3-4,6,9H,1-2,5,7H2. The molecule has 1 aliphatic rings. The molecular formula is C11H12F3NO3S. The Balaban J connectivity index is 2.16. The number of halogens is 3. The fourth-order valence-corrected chi connectivity index (χ4v) is 3.25. The third-order valence-electron chi connectivity index (χ3n) is 2.81. The first-order valence-electron chi connectivity index (χ1n) is 5.67. The predicted octanol–water partition coefficient (Wildman–Crippen LogP) is 2.05. The van der Waals surface area contributed by atoms with E-state index in [-0.39, 0.29) is 10.8 Å². The minimum atomic E-state index is -4.52. The lowest BCUT2D eigenvalue weighted by Gasteiger charge is -2.10. The fraction of sp³-hybridized carbons (Fsp3) is 0.545. The van der Waals surface area contributed by atoms with Crippen LogP contribution in [0.3, 0.4) is 0 Å². The number of nitrogens with zero attached hydrogens (tertiary/aromatic N) is 1. The van der Waals surface area contributed by atoms with Crippen molar-refractivity contribution >= 4 is 9.84 Å². The monoisotopic (exact) mass is 295 g/mol. The molecule has 0 radical (unpaired) electrons. The normalized spacial score (nSPS) is 20.7. The lowest BCUT2D eigenvalue weighted by molar-refractivity contribution is -0.137. The number of aromatic nitrogens is 1. The first-order chi connectivity index (χ1) is 8.79. The topological polar surface area (TPSA) is 56.3 Å². The van der Waals surface area contributed by atoms with Gasteiger partial charge in [-0.25, -0.2) is 13.4 Å². The summed E-state index contributed by atoms with van der Waals surface area (Å²) in [6, 6.07) is 1.60. The lowest BCUT2D eigenvalue weighted by atomic mass is 10.3. The summed E-state index contributed by atoms with van der Waals surface area (Å²) >= 11 is 0. The highest BCUT2D eigenvalue weighted by atomic mass is 32.2. The molecule has 1 saturated heterocycles. The average Bonchev–Trinajstić information content (AvgIpc) is 2.80. The summed E-state index contributed by atoms with van der Waals surface area (Å²) < 4.78 is 66.1. The molecule has 0 spiro atoms. The molecular weight excluding hydrogens is 283 g/mol. The first kappa shape index (κ1) is 14.3. The largest absolute Gasteiger partial charge is 0.417 e. The van der Waals surface area contributed by atoms with Crippen molar-refractivity contribution < 1.29 is 26.3 Å². The molecule has 1 atom stereocenters. The zero-order chi connectivity index (χ0) is 14.1. The van der Waals surface area contributed by atoms with Crippen molar-refractivity contribution in [3.8, 4) is 0 Å². The molecule has 0 aliphatic carbocycles. The fourth-order valence-electron chi connectivity index (χ4n) is 1.84. The van der Waals surface area contributed by atoms with Gasteiger partial charge < -0.3 is 4.74 Å². The van der Waals surface area contributed by atoms with E-state index in [0.29, 0.717) is 19.2 Å². The van der Waals surface area contributed by atoms with E-state index in [9.17, 15) is 21.6 Å². The molecule has 1 unspecified atom stereocenters. The molecule has 0 bridgehead atoms. The van der Waals surface area contributed by atoms with Crippen molar-refractivity contribution in [2.75, 3.05) is 12.4 Å². The van der Waals surface area contributed by atoms with Gasteiger partial charge in [-0.2, -0.15) is 13.2 Å². The second-order valence-corrected chi connectivity index (χ2v) is 6.28. The van der Waals surface area contributed by atoms with Crippen molar-refractivity contribution in [3.63, 3.8) is 0 Å². The highest BCUT2D eigenvalue weighted by molar-refractivity contribution is 7.91. The molecule has 1 fully saturated rings. The Morgan fingerprint density at radius 3 is 2.58 bits per heavy atom.